The molecule has 1 saturated heterocycles. The Kier molecular flexibility index (Phi) is 3.48. The van der Waals surface area contributed by atoms with Gasteiger partial charge in [-0.1, -0.05) is 6.07 Å². The van der Waals surface area contributed by atoms with Crippen LogP contribution in [0.2, 0.25) is 0 Å². The number of hydrogen-bond donors (Lipinski definition) is 1. The van der Waals surface area contributed by atoms with Gasteiger partial charge in [-0.3, -0.25) is 0 Å². The van der Waals surface area contributed by atoms with Gasteiger partial charge in [0.1, 0.15) is 11.3 Å². The van der Waals surface area contributed by atoms with Gasteiger partial charge in [0.25, 0.3) is 0 Å². The highest BCUT2D eigenvalue weighted by Crippen LogP contribution is 2.29. The van der Waals surface area contributed by atoms with E-state index < -0.39 is 0 Å². The quantitative estimate of drug-likeness (QED) is 0.923. The number of piperidine rings is 1. The minimum atomic E-state index is 0.682. The SMILES string of the molecule is Cc1nc2c(OCC3CCNCC3)cccc2s1. The first kappa shape index (κ1) is 11.9. The van der Waals surface area contributed by atoms with E-state index in [1.54, 1.807) is 11.3 Å². The van der Waals surface area contributed by atoms with Gasteiger partial charge in [0.05, 0.1) is 16.3 Å². The van der Waals surface area contributed by atoms with Crippen LogP contribution in [-0.4, -0.2) is 24.7 Å². The normalized spacial score (nSPS) is 17.2. The molecule has 2 aromatic rings. The fraction of sp³-hybridized carbons (Fsp3) is 0.500. The molecule has 1 aromatic heterocycles. The van der Waals surface area contributed by atoms with Gasteiger partial charge in [0.2, 0.25) is 0 Å². The van der Waals surface area contributed by atoms with Crippen molar-refractivity contribution in [2.45, 2.75) is 19.8 Å². The van der Waals surface area contributed by atoms with E-state index in [1.165, 1.54) is 17.5 Å². The summed E-state index contributed by atoms with van der Waals surface area (Å²) in [5.41, 5.74) is 1.02. The van der Waals surface area contributed by atoms with Gasteiger partial charge in [-0.05, 0) is 50.9 Å². The third-order valence-electron chi connectivity index (χ3n) is 3.42. The molecular weight excluding hydrogens is 244 g/mol. The summed E-state index contributed by atoms with van der Waals surface area (Å²) in [4.78, 5) is 4.56. The van der Waals surface area contributed by atoms with Crippen molar-refractivity contribution >= 4 is 21.6 Å². The fourth-order valence-corrected chi connectivity index (χ4v) is 3.25. The van der Waals surface area contributed by atoms with Crippen LogP contribution in [0.4, 0.5) is 0 Å². The summed E-state index contributed by atoms with van der Waals surface area (Å²) >= 11 is 1.73. The highest BCUT2D eigenvalue weighted by atomic mass is 32.1. The lowest BCUT2D eigenvalue weighted by Gasteiger charge is -2.22. The van der Waals surface area contributed by atoms with Crippen molar-refractivity contribution in [1.82, 2.24) is 10.3 Å². The molecule has 1 aromatic carbocycles. The molecular formula is C14H18N2OS. The molecule has 3 rings (SSSR count). The lowest BCUT2D eigenvalue weighted by molar-refractivity contribution is 0.217. The monoisotopic (exact) mass is 262 g/mol. The maximum absolute atomic E-state index is 5.99. The summed E-state index contributed by atoms with van der Waals surface area (Å²) in [6.07, 6.45) is 2.43. The smallest absolute Gasteiger partial charge is 0.146 e. The van der Waals surface area contributed by atoms with Crippen molar-refractivity contribution in [2.75, 3.05) is 19.7 Å². The first-order chi connectivity index (χ1) is 8.83. The highest BCUT2D eigenvalue weighted by molar-refractivity contribution is 7.18. The maximum Gasteiger partial charge on any atom is 0.146 e. The van der Waals surface area contributed by atoms with Gasteiger partial charge in [0, 0.05) is 0 Å². The Morgan fingerprint density at radius 3 is 3.06 bits per heavy atom. The van der Waals surface area contributed by atoms with Gasteiger partial charge < -0.3 is 10.1 Å². The van der Waals surface area contributed by atoms with Crippen molar-refractivity contribution in [3.8, 4) is 5.75 Å². The van der Waals surface area contributed by atoms with E-state index in [2.05, 4.69) is 22.4 Å². The molecule has 0 aliphatic carbocycles. The van der Waals surface area contributed by atoms with Crippen LogP contribution in [-0.2, 0) is 0 Å². The van der Waals surface area contributed by atoms with E-state index in [4.69, 9.17) is 4.74 Å². The van der Waals surface area contributed by atoms with Crippen LogP contribution in [0.5, 0.6) is 5.75 Å². The number of rotatable bonds is 3. The number of benzene rings is 1. The highest BCUT2D eigenvalue weighted by Gasteiger charge is 2.14. The van der Waals surface area contributed by atoms with Gasteiger partial charge >= 0.3 is 0 Å². The molecule has 3 nitrogen and oxygen atoms in total. The first-order valence-electron chi connectivity index (χ1n) is 6.52. The molecule has 2 heterocycles. The number of aromatic nitrogens is 1. The zero-order valence-electron chi connectivity index (χ0n) is 10.6. The maximum atomic E-state index is 5.99. The van der Waals surface area contributed by atoms with Gasteiger partial charge in [-0.2, -0.15) is 0 Å². The van der Waals surface area contributed by atoms with Gasteiger partial charge in [0.15, 0.2) is 0 Å². The van der Waals surface area contributed by atoms with Crippen LogP contribution >= 0.6 is 11.3 Å². The van der Waals surface area contributed by atoms with E-state index in [1.807, 2.05) is 13.0 Å². The fourth-order valence-electron chi connectivity index (χ4n) is 2.41. The molecule has 0 spiro atoms. The number of para-hydroxylation sites is 1. The number of aryl methyl sites for hydroxylation is 1. The summed E-state index contributed by atoms with van der Waals surface area (Å²) in [5, 5.41) is 4.48. The summed E-state index contributed by atoms with van der Waals surface area (Å²) < 4.78 is 7.21. The zero-order chi connectivity index (χ0) is 12.4. The third-order valence-corrected chi connectivity index (χ3v) is 4.36. The van der Waals surface area contributed by atoms with Crippen molar-refractivity contribution in [3.05, 3.63) is 23.2 Å². The number of fused-ring (bicyclic) bond motifs is 1. The molecule has 0 unspecified atom stereocenters. The summed E-state index contributed by atoms with van der Waals surface area (Å²) in [6, 6.07) is 6.19. The Labute approximate surface area is 111 Å². The first-order valence-corrected chi connectivity index (χ1v) is 7.34. The summed E-state index contributed by atoms with van der Waals surface area (Å²) in [6.45, 7) is 5.10. The van der Waals surface area contributed by atoms with Gasteiger partial charge in [-0.15, -0.1) is 11.3 Å². The van der Waals surface area contributed by atoms with E-state index in [0.29, 0.717) is 5.92 Å². The van der Waals surface area contributed by atoms with E-state index in [9.17, 15) is 0 Å². The molecule has 0 radical (unpaired) electrons. The van der Waals surface area contributed by atoms with Gasteiger partial charge in [-0.25, -0.2) is 4.98 Å². The Bertz CT molecular complexity index is 532. The molecule has 0 atom stereocenters. The number of nitrogens with zero attached hydrogens (tertiary/aromatic N) is 1. The van der Waals surface area contributed by atoms with E-state index >= 15 is 0 Å². The second kappa shape index (κ2) is 5.24. The van der Waals surface area contributed by atoms with Crippen LogP contribution in [0.3, 0.4) is 0 Å². The Hall–Kier alpha value is -1.13. The average molecular weight is 262 g/mol. The molecule has 4 heteroatoms. The molecule has 1 fully saturated rings. The lowest BCUT2D eigenvalue weighted by atomic mass is 9.99. The summed E-state index contributed by atoms with van der Waals surface area (Å²) in [5.74, 6) is 1.62. The largest absolute Gasteiger partial charge is 0.491 e. The predicted octanol–water partition coefficient (Wildman–Crippen LogP) is 2.98. The molecule has 0 bridgehead atoms. The zero-order valence-corrected chi connectivity index (χ0v) is 11.4. The topological polar surface area (TPSA) is 34.1 Å². The molecule has 1 N–H and O–H groups in total. The Balaban J connectivity index is 1.73. The Morgan fingerprint density at radius 1 is 1.39 bits per heavy atom. The second-order valence-electron chi connectivity index (χ2n) is 4.84. The average Bonchev–Trinajstić information content (AvgIpc) is 2.78. The van der Waals surface area contributed by atoms with Crippen LogP contribution in [0.15, 0.2) is 18.2 Å². The number of thiazole rings is 1. The van der Waals surface area contributed by atoms with Crippen LogP contribution in [0.25, 0.3) is 10.2 Å². The molecule has 0 saturated carbocycles. The molecule has 96 valence electrons. The lowest BCUT2D eigenvalue weighted by Crippen LogP contribution is -2.30. The molecule has 1 aliphatic rings. The molecule has 18 heavy (non-hydrogen) atoms. The second-order valence-corrected chi connectivity index (χ2v) is 6.07. The van der Waals surface area contributed by atoms with Crippen LogP contribution < -0.4 is 10.1 Å². The van der Waals surface area contributed by atoms with Crippen molar-refractivity contribution in [1.29, 1.82) is 0 Å². The third kappa shape index (κ3) is 2.49. The van der Waals surface area contributed by atoms with Crippen molar-refractivity contribution in [3.63, 3.8) is 0 Å². The Morgan fingerprint density at radius 2 is 2.22 bits per heavy atom. The van der Waals surface area contributed by atoms with Crippen LogP contribution in [0, 0.1) is 12.8 Å². The minimum Gasteiger partial charge on any atom is -0.491 e. The minimum absolute atomic E-state index is 0.682. The number of nitrogens with one attached hydrogen (secondary N) is 1. The number of hydrogen-bond acceptors (Lipinski definition) is 4. The van der Waals surface area contributed by atoms with Crippen molar-refractivity contribution < 1.29 is 4.74 Å². The summed E-state index contributed by atoms with van der Waals surface area (Å²) in [7, 11) is 0. The van der Waals surface area contributed by atoms with E-state index in [0.717, 1.165) is 36.0 Å². The standard InChI is InChI=1S/C14H18N2OS/c1-10-16-14-12(3-2-4-13(14)18-10)17-9-11-5-7-15-8-6-11/h2-4,11,15H,5-9H2,1H3. The van der Waals surface area contributed by atoms with Crippen molar-refractivity contribution in [2.24, 2.45) is 5.92 Å². The predicted molar refractivity (Wildman–Crippen MR) is 75.4 cm³/mol. The van der Waals surface area contributed by atoms with Crippen LogP contribution in [0.1, 0.15) is 17.8 Å². The molecule has 0 amide bonds. The molecule has 1 aliphatic heterocycles. The van der Waals surface area contributed by atoms with E-state index in [-0.39, 0.29) is 0 Å². The number of ether oxygens (including phenoxy) is 1.